The van der Waals surface area contributed by atoms with Gasteiger partial charge < -0.3 is 24.3 Å². The van der Waals surface area contributed by atoms with Crippen LogP contribution in [0.4, 0.5) is 16.3 Å². The Morgan fingerprint density at radius 3 is 2.68 bits per heavy atom. The van der Waals surface area contributed by atoms with Crippen molar-refractivity contribution in [2.75, 3.05) is 30.4 Å². The maximum atomic E-state index is 12.2. The average Bonchev–Trinajstić information content (AvgIpc) is 3.07. The van der Waals surface area contributed by atoms with Crippen molar-refractivity contribution in [2.24, 2.45) is 0 Å². The third kappa shape index (κ3) is 4.51. The molecule has 7 heteroatoms. The van der Waals surface area contributed by atoms with Crippen LogP contribution in [0.2, 0.25) is 0 Å². The first kappa shape index (κ1) is 17.3. The van der Waals surface area contributed by atoms with E-state index in [2.05, 4.69) is 29.0 Å². The number of aromatic nitrogens is 1. The fraction of sp³-hybridized carbons (Fsp3) is 0.444. The number of furan rings is 1. The summed E-state index contributed by atoms with van der Waals surface area (Å²) in [5.41, 5.74) is 0.661. The molecule has 2 aromatic rings. The number of hydrogen-bond acceptors (Lipinski definition) is 5. The third-order valence-electron chi connectivity index (χ3n) is 4.06. The van der Waals surface area contributed by atoms with E-state index in [9.17, 15) is 4.79 Å². The summed E-state index contributed by atoms with van der Waals surface area (Å²) in [6.07, 6.45) is 3.64. The molecule has 2 aromatic heterocycles. The van der Waals surface area contributed by atoms with Gasteiger partial charge in [-0.15, -0.1) is 0 Å². The Kier molecular flexibility index (Phi) is 5.23. The molecule has 134 valence electrons. The lowest BCUT2D eigenvalue weighted by atomic mass is 10.2. The van der Waals surface area contributed by atoms with Crippen molar-refractivity contribution < 1.29 is 13.9 Å². The van der Waals surface area contributed by atoms with Crippen LogP contribution in [-0.2, 0) is 11.3 Å². The van der Waals surface area contributed by atoms with Crippen molar-refractivity contribution in [1.29, 1.82) is 0 Å². The summed E-state index contributed by atoms with van der Waals surface area (Å²) in [7, 11) is 1.72. The first-order valence-electron chi connectivity index (χ1n) is 8.42. The largest absolute Gasteiger partial charge is 0.467 e. The highest BCUT2D eigenvalue weighted by molar-refractivity contribution is 5.89. The number of carbonyl (C=O) groups is 1. The molecule has 0 aliphatic carbocycles. The summed E-state index contributed by atoms with van der Waals surface area (Å²) in [5, 5.41) is 2.84. The van der Waals surface area contributed by atoms with Crippen LogP contribution in [0.1, 0.15) is 19.6 Å². The average molecular weight is 344 g/mol. The summed E-state index contributed by atoms with van der Waals surface area (Å²) in [4.78, 5) is 20.5. The van der Waals surface area contributed by atoms with E-state index >= 15 is 0 Å². The van der Waals surface area contributed by atoms with Crippen molar-refractivity contribution in [3.8, 4) is 0 Å². The normalized spacial score (nSPS) is 20.4. The van der Waals surface area contributed by atoms with Gasteiger partial charge in [-0.1, -0.05) is 0 Å². The summed E-state index contributed by atoms with van der Waals surface area (Å²) < 4.78 is 11.0. The Bertz CT molecular complexity index is 677. The highest BCUT2D eigenvalue weighted by Crippen LogP contribution is 2.20. The van der Waals surface area contributed by atoms with Crippen molar-refractivity contribution in [3.05, 3.63) is 42.5 Å². The molecule has 3 rings (SSSR count). The second-order valence-corrected chi connectivity index (χ2v) is 6.43. The van der Waals surface area contributed by atoms with Crippen LogP contribution < -0.4 is 10.2 Å². The number of ether oxygens (including phenoxy) is 1. The first-order chi connectivity index (χ1) is 12.0. The van der Waals surface area contributed by atoms with Crippen molar-refractivity contribution in [1.82, 2.24) is 9.88 Å². The monoisotopic (exact) mass is 344 g/mol. The molecule has 0 spiro atoms. The zero-order chi connectivity index (χ0) is 17.8. The maximum absolute atomic E-state index is 12.2. The Morgan fingerprint density at radius 2 is 2.08 bits per heavy atom. The van der Waals surface area contributed by atoms with Gasteiger partial charge in [-0.25, -0.2) is 9.78 Å². The molecule has 1 fully saturated rings. The van der Waals surface area contributed by atoms with E-state index in [1.807, 2.05) is 18.2 Å². The molecule has 3 heterocycles. The van der Waals surface area contributed by atoms with Crippen LogP contribution in [0.15, 0.2) is 41.1 Å². The fourth-order valence-corrected chi connectivity index (χ4v) is 2.94. The first-order valence-corrected chi connectivity index (χ1v) is 8.42. The molecule has 1 aliphatic rings. The lowest BCUT2D eigenvalue weighted by Gasteiger charge is -2.36. The summed E-state index contributed by atoms with van der Waals surface area (Å²) in [5.74, 6) is 1.63. The predicted molar refractivity (Wildman–Crippen MR) is 95.7 cm³/mol. The second kappa shape index (κ2) is 7.57. The molecule has 0 radical (unpaired) electrons. The topological polar surface area (TPSA) is 70.8 Å². The molecule has 7 nitrogen and oxygen atoms in total. The summed E-state index contributed by atoms with van der Waals surface area (Å²) >= 11 is 0. The zero-order valence-electron chi connectivity index (χ0n) is 14.8. The summed E-state index contributed by atoms with van der Waals surface area (Å²) in [6, 6.07) is 7.22. The fourth-order valence-electron chi connectivity index (χ4n) is 2.94. The zero-order valence-corrected chi connectivity index (χ0v) is 14.8. The smallest absolute Gasteiger partial charge is 0.322 e. The van der Waals surface area contributed by atoms with Crippen molar-refractivity contribution in [2.45, 2.75) is 32.6 Å². The highest BCUT2D eigenvalue weighted by atomic mass is 16.5. The van der Waals surface area contributed by atoms with Gasteiger partial charge in [0.1, 0.15) is 11.6 Å². The van der Waals surface area contributed by atoms with E-state index in [1.165, 1.54) is 0 Å². The van der Waals surface area contributed by atoms with Crippen LogP contribution in [0.25, 0.3) is 0 Å². The molecule has 1 aliphatic heterocycles. The quantitative estimate of drug-likeness (QED) is 0.923. The van der Waals surface area contributed by atoms with Crippen LogP contribution in [-0.4, -0.2) is 48.3 Å². The Hall–Kier alpha value is -2.54. The van der Waals surface area contributed by atoms with E-state index in [0.717, 1.165) is 24.7 Å². The minimum atomic E-state index is -0.209. The number of morpholine rings is 1. The minimum absolute atomic E-state index is 0.181. The minimum Gasteiger partial charge on any atom is -0.467 e. The molecule has 2 amide bonds. The van der Waals surface area contributed by atoms with Crippen LogP contribution in [0.5, 0.6) is 0 Å². The molecule has 1 N–H and O–H groups in total. The number of hydrogen-bond donors (Lipinski definition) is 1. The molecule has 0 bridgehead atoms. The predicted octanol–water partition coefficient (Wildman–Crippen LogP) is 2.95. The van der Waals surface area contributed by atoms with Gasteiger partial charge in [-0.2, -0.15) is 0 Å². The van der Waals surface area contributed by atoms with E-state index < -0.39 is 0 Å². The standard InChI is InChI=1S/C18H24N4O3/c1-13-10-22(11-14(2)25-13)17-7-6-15(9-19-17)20-18(23)21(3)12-16-5-4-8-24-16/h4-9,13-14H,10-12H2,1-3H3,(H,20,23)/t13-,14+. The van der Waals surface area contributed by atoms with E-state index in [0.29, 0.717) is 12.2 Å². The molecule has 0 aromatic carbocycles. The maximum Gasteiger partial charge on any atom is 0.322 e. The Balaban J connectivity index is 1.57. The SMILES string of the molecule is C[C@@H]1CN(c2ccc(NC(=O)N(C)Cc3ccco3)cn2)C[C@H](C)O1. The van der Waals surface area contributed by atoms with Gasteiger partial charge in [0.15, 0.2) is 0 Å². The number of anilines is 2. The second-order valence-electron chi connectivity index (χ2n) is 6.43. The van der Waals surface area contributed by atoms with Gasteiger partial charge in [0.05, 0.1) is 36.9 Å². The number of rotatable bonds is 4. The van der Waals surface area contributed by atoms with Crippen LogP contribution >= 0.6 is 0 Å². The Labute approximate surface area is 147 Å². The number of pyridine rings is 1. The number of nitrogens with zero attached hydrogens (tertiary/aromatic N) is 3. The number of nitrogens with one attached hydrogen (secondary N) is 1. The van der Waals surface area contributed by atoms with Crippen LogP contribution in [0, 0.1) is 0 Å². The highest BCUT2D eigenvalue weighted by Gasteiger charge is 2.23. The van der Waals surface area contributed by atoms with Gasteiger partial charge in [0.25, 0.3) is 0 Å². The van der Waals surface area contributed by atoms with E-state index in [1.54, 1.807) is 30.5 Å². The molecular formula is C18H24N4O3. The molecule has 0 saturated carbocycles. The van der Waals surface area contributed by atoms with Crippen molar-refractivity contribution in [3.63, 3.8) is 0 Å². The summed E-state index contributed by atoms with van der Waals surface area (Å²) in [6.45, 7) is 6.16. The van der Waals surface area contributed by atoms with Crippen molar-refractivity contribution >= 4 is 17.5 Å². The van der Waals surface area contributed by atoms with E-state index in [4.69, 9.17) is 9.15 Å². The van der Waals surface area contributed by atoms with Gasteiger partial charge >= 0.3 is 6.03 Å². The number of amides is 2. The number of carbonyl (C=O) groups excluding carboxylic acids is 1. The number of urea groups is 1. The molecular weight excluding hydrogens is 320 g/mol. The molecule has 2 atom stereocenters. The molecule has 0 unspecified atom stereocenters. The molecule has 1 saturated heterocycles. The third-order valence-corrected chi connectivity index (χ3v) is 4.06. The van der Waals surface area contributed by atoms with Gasteiger partial charge in [-0.05, 0) is 38.1 Å². The van der Waals surface area contributed by atoms with Gasteiger partial charge in [0.2, 0.25) is 0 Å². The van der Waals surface area contributed by atoms with Crippen LogP contribution in [0.3, 0.4) is 0 Å². The molecule has 25 heavy (non-hydrogen) atoms. The van der Waals surface area contributed by atoms with Gasteiger partial charge in [-0.3, -0.25) is 0 Å². The lowest BCUT2D eigenvalue weighted by Crippen LogP contribution is -2.45. The van der Waals surface area contributed by atoms with E-state index in [-0.39, 0.29) is 18.2 Å². The Morgan fingerprint density at radius 1 is 1.32 bits per heavy atom. The van der Waals surface area contributed by atoms with Gasteiger partial charge in [0, 0.05) is 20.1 Å². The lowest BCUT2D eigenvalue weighted by molar-refractivity contribution is -0.00545.